The van der Waals surface area contributed by atoms with Crippen LogP contribution < -0.4 is 4.74 Å². The highest BCUT2D eigenvalue weighted by molar-refractivity contribution is 6.05. The summed E-state index contributed by atoms with van der Waals surface area (Å²) in [4.78, 5) is 27.2. The van der Waals surface area contributed by atoms with E-state index in [4.69, 9.17) is 4.74 Å². The molecule has 5 aromatic rings. The highest BCUT2D eigenvalue weighted by Gasteiger charge is 2.27. The van der Waals surface area contributed by atoms with Crippen molar-refractivity contribution >= 4 is 33.6 Å². The molecule has 0 aliphatic heterocycles. The van der Waals surface area contributed by atoms with Crippen LogP contribution in [-0.4, -0.2) is 56.9 Å². The van der Waals surface area contributed by atoms with Crippen molar-refractivity contribution in [2.75, 3.05) is 20.7 Å². The van der Waals surface area contributed by atoms with E-state index in [-0.39, 0.29) is 18.1 Å². The zero-order valence-electron chi connectivity index (χ0n) is 23.6. The van der Waals surface area contributed by atoms with E-state index in [2.05, 4.69) is 17.2 Å². The van der Waals surface area contributed by atoms with E-state index in [1.807, 2.05) is 74.1 Å². The van der Waals surface area contributed by atoms with Crippen LogP contribution in [0, 0.1) is 13.8 Å². The van der Waals surface area contributed by atoms with Gasteiger partial charge in [-0.1, -0.05) is 54.6 Å². The lowest BCUT2D eigenvalue weighted by Gasteiger charge is -2.15. The highest BCUT2D eigenvalue weighted by atomic mass is 16.5. The van der Waals surface area contributed by atoms with E-state index in [9.17, 15) is 14.7 Å². The van der Waals surface area contributed by atoms with Crippen molar-refractivity contribution in [3.8, 4) is 16.9 Å². The summed E-state index contributed by atoms with van der Waals surface area (Å²) in [7, 11) is 5.25. The van der Waals surface area contributed by atoms with E-state index in [0.717, 1.165) is 49.9 Å². The third kappa shape index (κ3) is 4.81. The van der Waals surface area contributed by atoms with E-state index in [1.54, 1.807) is 18.7 Å². The summed E-state index contributed by atoms with van der Waals surface area (Å²) < 4.78 is 9.65. The van der Waals surface area contributed by atoms with Crippen molar-refractivity contribution in [1.29, 1.82) is 0 Å². The number of aromatic carboxylic acids is 1. The van der Waals surface area contributed by atoms with Crippen LogP contribution in [0.2, 0.25) is 0 Å². The molecule has 0 bridgehead atoms. The van der Waals surface area contributed by atoms with Gasteiger partial charge in [-0.2, -0.15) is 5.10 Å². The molecule has 8 nitrogen and oxygen atoms in total. The van der Waals surface area contributed by atoms with Crippen LogP contribution in [0.1, 0.15) is 33.9 Å². The topological polar surface area (TPSA) is 89.6 Å². The number of carbonyl (C=O) groups is 2. The lowest BCUT2D eigenvalue weighted by Crippen LogP contribution is -2.27. The smallest absolute Gasteiger partial charge is 0.352 e. The number of nitrogens with zero attached hydrogens (tertiary/aromatic N) is 4. The molecule has 206 valence electrons. The van der Waals surface area contributed by atoms with Gasteiger partial charge in [0.1, 0.15) is 18.0 Å². The van der Waals surface area contributed by atoms with Gasteiger partial charge >= 0.3 is 5.97 Å². The third-order valence-electron chi connectivity index (χ3n) is 7.54. The quantitative estimate of drug-likeness (QED) is 0.247. The molecule has 40 heavy (non-hydrogen) atoms. The molecular formula is C32H34N4O4. The summed E-state index contributed by atoms with van der Waals surface area (Å²) >= 11 is 0. The van der Waals surface area contributed by atoms with Crippen molar-refractivity contribution in [2.45, 2.75) is 33.2 Å². The minimum absolute atomic E-state index is 0.0764. The maximum Gasteiger partial charge on any atom is 0.352 e. The number of benzene rings is 3. The van der Waals surface area contributed by atoms with E-state index < -0.39 is 5.97 Å². The summed E-state index contributed by atoms with van der Waals surface area (Å²) in [6.45, 7) is 4.29. The van der Waals surface area contributed by atoms with Crippen LogP contribution in [0.5, 0.6) is 5.75 Å². The first kappa shape index (κ1) is 27.0. The molecule has 0 aliphatic carbocycles. The second kappa shape index (κ2) is 10.9. The lowest BCUT2D eigenvalue weighted by atomic mass is 9.98. The van der Waals surface area contributed by atoms with Gasteiger partial charge in [-0.15, -0.1) is 0 Å². The Bertz CT molecular complexity index is 1740. The first-order chi connectivity index (χ1) is 19.2. The molecule has 0 radical (unpaired) electrons. The van der Waals surface area contributed by atoms with Gasteiger partial charge in [-0.05, 0) is 43.7 Å². The van der Waals surface area contributed by atoms with Gasteiger partial charge in [-0.25, -0.2) is 4.79 Å². The summed E-state index contributed by atoms with van der Waals surface area (Å²) in [6.07, 6.45) is 1.10. The molecule has 1 N–H and O–H groups in total. The molecule has 0 unspecified atom stereocenters. The first-order valence-electron chi connectivity index (χ1n) is 13.4. The van der Waals surface area contributed by atoms with Gasteiger partial charge in [0, 0.05) is 48.7 Å². The van der Waals surface area contributed by atoms with Gasteiger partial charge in [0.25, 0.3) is 0 Å². The van der Waals surface area contributed by atoms with Gasteiger partial charge < -0.3 is 19.3 Å². The third-order valence-corrected chi connectivity index (χ3v) is 7.54. The molecule has 5 rings (SSSR count). The second-order valence-electron chi connectivity index (χ2n) is 10.3. The normalized spacial score (nSPS) is 11.3. The van der Waals surface area contributed by atoms with Crippen LogP contribution in [0.4, 0.5) is 0 Å². The number of rotatable bonds is 9. The molecule has 2 aromatic heterocycles. The number of likely N-dealkylation sites (N-methyl/N-ethyl adjacent to an activating group) is 1. The maximum atomic E-state index is 12.9. The molecular weight excluding hydrogens is 504 g/mol. The van der Waals surface area contributed by atoms with Gasteiger partial charge in [-0.3, -0.25) is 9.48 Å². The molecule has 8 heteroatoms. The van der Waals surface area contributed by atoms with E-state index in [0.29, 0.717) is 25.0 Å². The van der Waals surface area contributed by atoms with Crippen molar-refractivity contribution < 1.29 is 19.4 Å². The second-order valence-corrected chi connectivity index (χ2v) is 10.3. The Balaban J connectivity index is 1.57. The standard InChI is InChI=1S/C32H34N4O4/c1-20-29(21(2)35(5)33-20)26-15-9-14-24-25(31(32(38)39)36(30(24)26)19-28(37)34(3)4)16-10-18-40-27-17-8-12-22-11-6-7-13-23(22)27/h6-9,11-15,17H,10,16,18-19H2,1-5H3,(H,38,39). The van der Waals surface area contributed by atoms with Gasteiger partial charge in [0.05, 0.1) is 17.8 Å². The number of aromatic nitrogens is 3. The van der Waals surface area contributed by atoms with Gasteiger partial charge in [0.15, 0.2) is 0 Å². The zero-order chi connectivity index (χ0) is 28.6. The van der Waals surface area contributed by atoms with E-state index in [1.165, 1.54) is 4.90 Å². The number of carbonyl (C=O) groups excluding carboxylic acids is 1. The summed E-state index contributed by atoms with van der Waals surface area (Å²) in [5.41, 5.74) is 5.22. The Hall–Kier alpha value is -4.59. The number of aryl methyl sites for hydroxylation is 3. The largest absolute Gasteiger partial charge is 0.493 e. The number of amides is 1. The molecule has 0 aliphatic rings. The number of para-hydroxylation sites is 1. The Morgan fingerprint density at radius 1 is 0.975 bits per heavy atom. The number of hydrogen-bond donors (Lipinski definition) is 1. The number of carboxylic acid groups (broad SMARTS) is 1. The molecule has 0 spiro atoms. The molecule has 0 saturated heterocycles. The lowest BCUT2D eigenvalue weighted by molar-refractivity contribution is -0.129. The predicted octanol–water partition coefficient (Wildman–Crippen LogP) is 5.61. The van der Waals surface area contributed by atoms with Gasteiger partial charge in [0.2, 0.25) is 5.91 Å². The minimum Gasteiger partial charge on any atom is -0.493 e. The monoisotopic (exact) mass is 538 g/mol. The van der Waals surface area contributed by atoms with Crippen LogP contribution in [0.25, 0.3) is 32.8 Å². The first-order valence-corrected chi connectivity index (χ1v) is 13.4. The Kier molecular flexibility index (Phi) is 7.34. The fraction of sp³-hybridized carbons (Fsp3) is 0.281. The number of carboxylic acids is 1. The average molecular weight is 539 g/mol. The van der Waals surface area contributed by atoms with Crippen LogP contribution in [-0.2, 0) is 24.8 Å². The molecule has 0 fully saturated rings. The highest BCUT2D eigenvalue weighted by Crippen LogP contribution is 2.38. The maximum absolute atomic E-state index is 12.9. The van der Waals surface area contributed by atoms with Crippen LogP contribution >= 0.6 is 0 Å². The van der Waals surface area contributed by atoms with E-state index >= 15 is 0 Å². The average Bonchev–Trinajstić information content (AvgIpc) is 3.38. The molecule has 0 saturated carbocycles. The molecule has 2 heterocycles. The summed E-state index contributed by atoms with van der Waals surface area (Å²) in [5.74, 6) is -0.432. The molecule has 1 amide bonds. The van der Waals surface area contributed by atoms with Crippen molar-refractivity contribution in [1.82, 2.24) is 19.2 Å². The Morgan fingerprint density at radius 3 is 2.38 bits per heavy atom. The fourth-order valence-corrected chi connectivity index (χ4v) is 5.53. The van der Waals surface area contributed by atoms with Crippen LogP contribution in [0.3, 0.4) is 0 Å². The molecule has 0 atom stereocenters. The van der Waals surface area contributed by atoms with Crippen molar-refractivity contribution in [3.63, 3.8) is 0 Å². The zero-order valence-corrected chi connectivity index (χ0v) is 23.6. The SMILES string of the molecule is Cc1nn(C)c(C)c1-c1cccc2c(CCCOc3cccc4ccccc34)c(C(=O)O)n(CC(=O)N(C)C)c12. The number of hydrogen-bond acceptors (Lipinski definition) is 4. The number of ether oxygens (including phenoxy) is 1. The predicted molar refractivity (Wildman–Crippen MR) is 157 cm³/mol. The summed E-state index contributed by atoms with van der Waals surface area (Å²) in [6, 6.07) is 19.9. The van der Waals surface area contributed by atoms with Crippen LogP contribution in [0.15, 0.2) is 60.7 Å². The Labute approximate surface area is 233 Å². The number of fused-ring (bicyclic) bond motifs is 2. The van der Waals surface area contributed by atoms with Crippen molar-refractivity contribution in [3.05, 3.63) is 83.3 Å². The van der Waals surface area contributed by atoms with Crippen molar-refractivity contribution in [2.24, 2.45) is 7.05 Å². The minimum atomic E-state index is -1.06. The molecule has 3 aromatic carbocycles. The fourth-order valence-electron chi connectivity index (χ4n) is 5.53. The summed E-state index contributed by atoms with van der Waals surface area (Å²) in [5, 5.41) is 18.0. The Morgan fingerprint density at radius 2 is 1.68 bits per heavy atom.